The number of hydrogen-bond donors (Lipinski definition) is 1. The Morgan fingerprint density at radius 1 is 1.04 bits per heavy atom. The summed E-state index contributed by atoms with van der Waals surface area (Å²) >= 11 is 11.8. The molecule has 2 aromatic rings. The van der Waals surface area contributed by atoms with Crippen molar-refractivity contribution >= 4 is 29.1 Å². The van der Waals surface area contributed by atoms with E-state index in [1.165, 1.54) is 0 Å². The molecule has 1 N–H and O–H groups in total. The Morgan fingerprint density at radius 3 is 2.61 bits per heavy atom. The molecule has 120 valence electrons. The smallest absolute Gasteiger partial charge is 0.252 e. The lowest BCUT2D eigenvalue weighted by Crippen LogP contribution is -2.26. The highest BCUT2D eigenvalue weighted by molar-refractivity contribution is 6.36. The number of carbonyl (C=O) groups is 1. The maximum atomic E-state index is 12.1. The lowest BCUT2D eigenvalue weighted by molar-refractivity contribution is 0.0954. The van der Waals surface area contributed by atoms with Crippen molar-refractivity contribution in [2.24, 2.45) is 0 Å². The van der Waals surface area contributed by atoms with Crippen molar-refractivity contribution in [3.8, 4) is 11.5 Å². The van der Waals surface area contributed by atoms with E-state index in [-0.39, 0.29) is 5.91 Å². The predicted octanol–water partition coefficient (Wildman–Crippen LogP) is 3.74. The first-order valence-corrected chi connectivity index (χ1v) is 8.01. The van der Waals surface area contributed by atoms with Crippen LogP contribution < -0.4 is 14.8 Å². The van der Waals surface area contributed by atoms with Gasteiger partial charge in [0.05, 0.1) is 10.6 Å². The van der Waals surface area contributed by atoms with Gasteiger partial charge in [0.2, 0.25) is 0 Å². The van der Waals surface area contributed by atoms with Crippen LogP contribution in [0.1, 0.15) is 15.9 Å². The quantitative estimate of drug-likeness (QED) is 0.912. The van der Waals surface area contributed by atoms with E-state index in [4.69, 9.17) is 32.7 Å². The lowest BCUT2D eigenvalue weighted by Gasteiger charge is -2.18. The van der Waals surface area contributed by atoms with Gasteiger partial charge in [-0.1, -0.05) is 29.3 Å². The Bertz CT molecular complexity index is 734. The Balaban J connectivity index is 1.57. The summed E-state index contributed by atoms with van der Waals surface area (Å²) in [7, 11) is 0. The summed E-state index contributed by atoms with van der Waals surface area (Å²) in [6, 6.07) is 10.6. The molecule has 0 saturated heterocycles. The fourth-order valence-corrected chi connectivity index (χ4v) is 2.83. The minimum Gasteiger partial charge on any atom is -0.486 e. The third kappa shape index (κ3) is 3.89. The monoisotopic (exact) mass is 351 g/mol. The van der Waals surface area contributed by atoms with E-state index in [9.17, 15) is 4.79 Å². The zero-order valence-corrected chi connectivity index (χ0v) is 13.8. The van der Waals surface area contributed by atoms with Crippen LogP contribution in [0.5, 0.6) is 11.5 Å². The molecule has 0 aromatic heterocycles. The van der Waals surface area contributed by atoms with Crippen LogP contribution in [0.3, 0.4) is 0 Å². The fourth-order valence-electron chi connectivity index (χ4n) is 2.33. The van der Waals surface area contributed by atoms with Crippen molar-refractivity contribution in [3.05, 3.63) is 57.6 Å². The minimum atomic E-state index is -0.218. The van der Waals surface area contributed by atoms with Crippen LogP contribution in [0.25, 0.3) is 0 Å². The van der Waals surface area contributed by atoms with E-state index >= 15 is 0 Å². The molecule has 0 unspecified atom stereocenters. The second-order valence-corrected chi connectivity index (χ2v) is 5.95. The summed E-state index contributed by atoms with van der Waals surface area (Å²) in [5, 5.41) is 3.69. The van der Waals surface area contributed by atoms with E-state index in [1.807, 2.05) is 18.2 Å². The number of halogens is 2. The highest BCUT2D eigenvalue weighted by Gasteiger charge is 2.13. The van der Waals surface area contributed by atoms with Crippen LogP contribution in [-0.2, 0) is 6.42 Å². The summed E-state index contributed by atoms with van der Waals surface area (Å²) in [6.45, 7) is 1.63. The molecule has 0 bridgehead atoms. The van der Waals surface area contributed by atoms with E-state index in [1.54, 1.807) is 18.2 Å². The van der Waals surface area contributed by atoms with Crippen molar-refractivity contribution in [1.29, 1.82) is 0 Å². The van der Waals surface area contributed by atoms with Gasteiger partial charge in [-0.3, -0.25) is 4.79 Å². The molecule has 1 aliphatic rings. The topological polar surface area (TPSA) is 47.6 Å². The molecule has 0 aliphatic carbocycles. The zero-order valence-electron chi connectivity index (χ0n) is 12.3. The summed E-state index contributed by atoms with van der Waals surface area (Å²) in [5.74, 6) is 1.29. The van der Waals surface area contributed by atoms with Gasteiger partial charge >= 0.3 is 0 Å². The first-order valence-electron chi connectivity index (χ1n) is 7.25. The summed E-state index contributed by atoms with van der Waals surface area (Å²) < 4.78 is 11.0. The van der Waals surface area contributed by atoms with Gasteiger partial charge in [0.1, 0.15) is 13.2 Å². The standard InChI is InChI=1S/C17H15Cl2NO3/c18-12-2-3-13(14(19)10-12)17(21)20-6-5-11-1-4-15-16(9-11)23-8-7-22-15/h1-4,9-10H,5-8H2,(H,20,21). The molecule has 1 heterocycles. The predicted molar refractivity (Wildman–Crippen MR) is 89.9 cm³/mol. The molecule has 23 heavy (non-hydrogen) atoms. The van der Waals surface area contributed by atoms with Gasteiger partial charge in [-0.05, 0) is 42.3 Å². The van der Waals surface area contributed by atoms with Crippen LogP contribution in [-0.4, -0.2) is 25.7 Å². The van der Waals surface area contributed by atoms with Gasteiger partial charge in [-0.2, -0.15) is 0 Å². The molecule has 3 rings (SSSR count). The fraction of sp³-hybridized carbons (Fsp3) is 0.235. The van der Waals surface area contributed by atoms with Gasteiger partial charge in [0.25, 0.3) is 5.91 Å². The third-order valence-corrected chi connectivity index (χ3v) is 4.03. The SMILES string of the molecule is O=C(NCCc1ccc2c(c1)OCCO2)c1ccc(Cl)cc1Cl. The van der Waals surface area contributed by atoms with E-state index in [0.29, 0.717) is 41.8 Å². The normalized spacial score (nSPS) is 12.8. The molecular formula is C17H15Cl2NO3. The average molecular weight is 352 g/mol. The molecule has 0 fully saturated rings. The summed E-state index contributed by atoms with van der Waals surface area (Å²) in [4.78, 5) is 12.1. The second-order valence-electron chi connectivity index (χ2n) is 5.11. The highest BCUT2D eigenvalue weighted by atomic mass is 35.5. The molecular weight excluding hydrogens is 337 g/mol. The van der Waals surface area contributed by atoms with Crippen molar-refractivity contribution < 1.29 is 14.3 Å². The van der Waals surface area contributed by atoms with E-state index < -0.39 is 0 Å². The number of nitrogens with one attached hydrogen (secondary N) is 1. The van der Waals surface area contributed by atoms with Gasteiger partial charge in [0, 0.05) is 11.6 Å². The molecule has 0 atom stereocenters. The number of hydrogen-bond acceptors (Lipinski definition) is 3. The van der Waals surface area contributed by atoms with Gasteiger partial charge < -0.3 is 14.8 Å². The number of ether oxygens (including phenoxy) is 2. The molecule has 0 spiro atoms. The number of rotatable bonds is 4. The zero-order chi connectivity index (χ0) is 16.2. The third-order valence-electron chi connectivity index (χ3n) is 3.48. The van der Waals surface area contributed by atoms with Gasteiger partial charge in [0.15, 0.2) is 11.5 Å². The molecule has 1 aliphatic heterocycles. The van der Waals surface area contributed by atoms with Gasteiger partial charge in [-0.25, -0.2) is 0 Å². The number of benzene rings is 2. The maximum Gasteiger partial charge on any atom is 0.252 e. The largest absolute Gasteiger partial charge is 0.486 e. The van der Waals surface area contributed by atoms with Crippen molar-refractivity contribution in [1.82, 2.24) is 5.32 Å². The lowest BCUT2D eigenvalue weighted by atomic mass is 10.1. The van der Waals surface area contributed by atoms with Crippen LogP contribution in [0, 0.1) is 0 Å². The maximum absolute atomic E-state index is 12.1. The van der Waals surface area contributed by atoms with Crippen LogP contribution >= 0.6 is 23.2 Å². The van der Waals surface area contributed by atoms with E-state index in [2.05, 4.69) is 5.32 Å². The van der Waals surface area contributed by atoms with Crippen molar-refractivity contribution in [3.63, 3.8) is 0 Å². The first-order chi connectivity index (χ1) is 11.1. The van der Waals surface area contributed by atoms with E-state index in [0.717, 1.165) is 17.1 Å². The number of carbonyl (C=O) groups excluding carboxylic acids is 1. The molecule has 4 nitrogen and oxygen atoms in total. The first kappa shape index (κ1) is 16.0. The Morgan fingerprint density at radius 2 is 1.83 bits per heavy atom. The highest BCUT2D eigenvalue weighted by Crippen LogP contribution is 2.30. The number of fused-ring (bicyclic) bond motifs is 1. The molecule has 0 saturated carbocycles. The minimum absolute atomic E-state index is 0.218. The van der Waals surface area contributed by atoms with Gasteiger partial charge in [-0.15, -0.1) is 0 Å². The average Bonchev–Trinajstić information content (AvgIpc) is 2.54. The van der Waals surface area contributed by atoms with Crippen molar-refractivity contribution in [2.45, 2.75) is 6.42 Å². The van der Waals surface area contributed by atoms with Crippen LogP contribution in [0.2, 0.25) is 10.0 Å². The Hall–Kier alpha value is -1.91. The molecule has 1 amide bonds. The summed E-state index contributed by atoms with van der Waals surface area (Å²) in [5.41, 5.74) is 1.48. The Kier molecular flexibility index (Phi) is 4.94. The Labute approximate surface area is 144 Å². The summed E-state index contributed by atoms with van der Waals surface area (Å²) in [6.07, 6.45) is 0.688. The van der Waals surface area contributed by atoms with Crippen LogP contribution in [0.4, 0.5) is 0 Å². The second kappa shape index (κ2) is 7.11. The molecule has 2 aromatic carbocycles. The van der Waals surface area contributed by atoms with Crippen molar-refractivity contribution in [2.75, 3.05) is 19.8 Å². The number of amides is 1. The molecule has 6 heteroatoms. The van der Waals surface area contributed by atoms with Crippen LogP contribution in [0.15, 0.2) is 36.4 Å². The molecule has 0 radical (unpaired) electrons.